The molecule has 1 N–H and O–H groups in total. The number of alkyl halides is 3. The molecule has 0 spiro atoms. The molecule has 0 atom stereocenters. The van der Waals surface area contributed by atoms with Gasteiger partial charge in [0, 0.05) is 12.0 Å². The van der Waals surface area contributed by atoms with E-state index in [2.05, 4.69) is 5.32 Å². The molecule has 1 aliphatic carbocycles. The van der Waals surface area contributed by atoms with Crippen LogP contribution in [-0.4, -0.2) is 18.1 Å². The first kappa shape index (κ1) is 11.3. The summed E-state index contributed by atoms with van der Waals surface area (Å²) >= 11 is 0. The van der Waals surface area contributed by atoms with Crippen LogP contribution in [0.1, 0.15) is 26.7 Å². The number of halogens is 3. The van der Waals surface area contributed by atoms with Crippen molar-refractivity contribution in [3.8, 4) is 0 Å². The molecule has 1 fully saturated rings. The largest absolute Gasteiger partial charge is 0.391 e. The van der Waals surface area contributed by atoms with Gasteiger partial charge in [0.1, 0.15) is 0 Å². The van der Waals surface area contributed by atoms with Crippen LogP contribution in [0.2, 0.25) is 0 Å². The summed E-state index contributed by atoms with van der Waals surface area (Å²) in [7, 11) is 0. The predicted octanol–water partition coefficient (Wildman–Crippen LogP) is 2.10. The van der Waals surface area contributed by atoms with Gasteiger partial charge in [-0.05, 0) is 12.8 Å². The molecular weight excluding hydrogens is 195 g/mol. The number of hydrogen-bond donors (Lipinski definition) is 1. The summed E-state index contributed by atoms with van der Waals surface area (Å²) < 4.78 is 36.2. The minimum Gasteiger partial charge on any atom is -0.353 e. The van der Waals surface area contributed by atoms with Crippen LogP contribution < -0.4 is 5.32 Å². The van der Waals surface area contributed by atoms with Crippen molar-refractivity contribution >= 4 is 5.91 Å². The fourth-order valence-electron chi connectivity index (χ4n) is 1.37. The predicted molar refractivity (Wildman–Crippen MR) is 45.5 cm³/mol. The van der Waals surface area contributed by atoms with Crippen molar-refractivity contribution in [3.63, 3.8) is 0 Å². The molecule has 0 unspecified atom stereocenters. The highest BCUT2D eigenvalue weighted by Gasteiger charge is 2.48. The Bertz CT molecular complexity index is 219. The maximum atomic E-state index is 12.1. The smallest absolute Gasteiger partial charge is 0.353 e. The minimum absolute atomic E-state index is 0.0297. The SMILES string of the molecule is CC(C)C(=O)NC1CC(C(F)(F)F)C1. The fourth-order valence-corrected chi connectivity index (χ4v) is 1.37. The standard InChI is InChI=1S/C9H14F3NO/c1-5(2)8(14)13-7-3-6(4-7)9(10,11)12/h5-7H,3-4H2,1-2H3,(H,13,14). The van der Waals surface area contributed by atoms with Crippen LogP contribution in [0.3, 0.4) is 0 Å². The molecule has 0 aromatic carbocycles. The van der Waals surface area contributed by atoms with Crippen molar-refractivity contribution in [3.05, 3.63) is 0 Å². The highest BCUT2D eigenvalue weighted by atomic mass is 19.4. The van der Waals surface area contributed by atoms with Gasteiger partial charge in [0.2, 0.25) is 5.91 Å². The molecule has 1 amide bonds. The second kappa shape index (κ2) is 3.79. The molecule has 0 bridgehead atoms. The molecule has 82 valence electrons. The lowest BCUT2D eigenvalue weighted by Gasteiger charge is -2.37. The Labute approximate surface area is 80.9 Å². The third-order valence-electron chi connectivity index (χ3n) is 2.47. The van der Waals surface area contributed by atoms with Gasteiger partial charge in [-0.25, -0.2) is 0 Å². The Kier molecular flexibility index (Phi) is 3.07. The average molecular weight is 209 g/mol. The molecule has 0 radical (unpaired) electrons. The summed E-state index contributed by atoms with van der Waals surface area (Å²) in [4.78, 5) is 11.1. The number of nitrogens with one attached hydrogen (secondary N) is 1. The molecular formula is C9H14F3NO. The summed E-state index contributed by atoms with van der Waals surface area (Å²) in [5.74, 6) is -1.56. The number of amides is 1. The van der Waals surface area contributed by atoms with Gasteiger partial charge < -0.3 is 5.32 Å². The molecule has 0 saturated heterocycles. The van der Waals surface area contributed by atoms with Crippen molar-refractivity contribution in [2.24, 2.45) is 11.8 Å². The number of hydrogen-bond acceptors (Lipinski definition) is 1. The lowest BCUT2D eigenvalue weighted by molar-refractivity contribution is -0.199. The normalized spacial score (nSPS) is 27.3. The fraction of sp³-hybridized carbons (Fsp3) is 0.889. The van der Waals surface area contributed by atoms with E-state index in [1.54, 1.807) is 13.8 Å². The highest BCUT2D eigenvalue weighted by Crippen LogP contribution is 2.40. The Morgan fingerprint density at radius 3 is 2.21 bits per heavy atom. The van der Waals surface area contributed by atoms with Gasteiger partial charge in [0.05, 0.1) is 5.92 Å². The Morgan fingerprint density at radius 2 is 1.86 bits per heavy atom. The van der Waals surface area contributed by atoms with Gasteiger partial charge >= 0.3 is 6.18 Å². The Morgan fingerprint density at radius 1 is 1.36 bits per heavy atom. The minimum atomic E-state index is -4.10. The van der Waals surface area contributed by atoms with Crippen molar-refractivity contribution in [1.29, 1.82) is 0 Å². The number of rotatable bonds is 2. The quantitative estimate of drug-likeness (QED) is 0.741. The summed E-state index contributed by atoms with van der Waals surface area (Å²) in [6, 6.07) is -0.281. The summed E-state index contributed by atoms with van der Waals surface area (Å²) in [5, 5.41) is 2.58. The maximum absolute atomic E-state index is 12.1. The lowest BCUT2D eigenvalue weighted by Crippen LogP contribution is -2.49. The monoisotopic (exact) mass is 209 g/mol. The van der Waals surface area contributed by atoms with E-state index in [9.17, 15) is 18.0 Å². The molecule has 1 saturated carbocycles. The van der Waals surface area contributed by atoms with E-state index in [1.165, 1.54) is 0 Å². The summed E-state index contributed by atoms with van der Waals surface area (Å²) in [5.41, 5.74) is 0. The van der Waals surface area contributed by atoms with Crippen LogP contribution in [0.4, 0.5) is 13.2 Å². The molecule has 0 aliphatic heterocycles. The third kappa shape index (κ3) is 2.62. The van der Waals surface area contributed by atoms with Crippen molar-refractivity contribution in [2.75, 3.05) is 0 Å². The molecule has 5 heteroatoms. The van der Waals surface area contributed by atoms with Crippen LogP contribution in [0.5, 0.6) is 0 Å². The number of carbonyl (C=O) groups is 1. The highest BCUT2D eigenvalue weighted by molar-refractivity contribution is 5.78. The van der Waals surface area contributed by atoms with Crippen molar-refractivity contribution < 1.29 is 18.0 Å². The molecule has 0 aromatic heterocycles. The van der Waals surface area contributed by atoms with Crippen LogP contribution in [0, 0.1) is 11.8 Å². The van der Waals surface area contributed by atoms with Gasteiger partial charge in [-0.1, -0.05) is 13.8 Å². The van der Waals surface area contributed by atoms with E-state index in [0.717, 1.165) is 0 Å². The Balaban J connectivity index is 2.26. The van der Waals surface area contributed by atoms with Gasteiger partial charge in [0.15, 0.2) is 0 Å². The van der Waals surface area contributed by atoms with Crippen molar-refractivity contribution in [2.45, 2.75) is 38.9 Å². The van der Waals surface area contributed by atoms with Crippen LogP contribution in [0.25, 0.3) is 0 Å². The lowest BCUT2D eigenvalue weighted by atomic mass is 9.79. The van der Waals surface area contributed by atoms with Crippen LogP contribution >= 0.6 is 0 Å². The van der Waals surface area contributed by atoms with Gasteiger partial charge in [-0.15, -0.1) is 0 Å². The molecule has 14 heavy (non-hydrogen) atoms. The summed E-state index contributed by atoms with van der Waals surface area (Å²) in [6.07, 6.45) is -4.04. The van der Waals surface area contributed by atoms with Crippen LogP contribution in [-0.2, 0) is 4.79 Å². The third-order valence-corrected chi connectivity index (χ3v) is 2.47. The van der Waals surface area contributed by atoms with Crippen LogP contribution in [0.15, 0.2) is 0 Å². The molecule has 1 rings (SSSR count). The molecule has 0 heterocycles. The molecule has 1 aliphatic rings. The first-order valence-electron chi connectivity index (χ1n) is 4.67. The van der Waals surface area contributed by atoms with Crippen molar-refractivity contribution in [1.82, 2.24) is 5.32 Å². The maximum Gasteiger partial charge on any atom is 0.391 e. The number of carbonyl (C=O) groups excluding carboxylic acids is 1. The second-order valence-electron chi connectivity index (χ2n) is 4.07. The van der Waals surface area contributed by atoms with E-state index in [1.807, 2.05) is 0 Å². The molecule has 2 nitrogen and oxygen atoms in total. The topological polar surface area (TPSA) is 29.1 Å². The first-order chi connectivity index (χ1) is 6.30. The van der Waals surface area contributed by atoms with Gasteiger partial charge in [-0.2, -0.15) is 13.2 Å². The van der Waals surface area contributed by atoms with Gasteiger partial charge in [0.25, 0.3) is 0 Å². The van der Waals surface area contributed by atoms with Gasteiger partial charge in [-0.3, -0.25) is 4.79 Å². The van der Waals surface area contributed by atoms with E-state index in [4.69, 9.17) is 0 Å². The Hall–Kier alpha value is -0.740. The second-order valence-corrected chi connectivity index (χ2v) is 4.07. The zero-order valence-corrected chi connectivity index (χ0v) is 8.19. The average Bonchev–Trinajstić information content (AvgIpc) is 1.92. The molecule has 0 aromatic rings. The van der Waals surface area contributed by atoms with E-state index >= 15 is 0 Å². The summed E-state index contributed by atoms with van der Waals surface area (Å²) in [6.45, 7) is 3.44. The van der Waals surface area contributed by atoms with E-state index < -0.39 is 12.1 Å². The zero-order chi connectivity index (χ0) is 10.9. The van der Waals surface area contributed by atoms with E-state index in [-0.39, 0.29) is 30.7 Å². The zero-order valence-electron chi connectivity index (χ0n) is 8.19. The first-order valence-corrected chi connectivity index (χ1v) is 4.67. The van der Waals surface area contributed by atoms with E-state index in [0.29, 0.717) is 0 Å².